The van der Waals surface area contributed by atoms with Crippen LogP contribution in [0.25, 0.3) is 0 Å². The molecule has 2 rings (SSSR count). The average molecular weight is 292 g/mol. The molecule has 0 atom stereocenters. The van der Waals surface area contributed by atoms with Crippen molar-refractivity contribution in [3.05, 3.63) is 35.4 Å². The van der Waals surface area contributed by atoms with Crippen LogP contribution in [0.1, 0.15) is 24.0 Å². The van der Waals surface area contributed by atoms with Gasteiger partial charge >= 0.3 is 12.0 Å². The molecule has 1 aliphatic rings. The first kappa shape index (κ1) is 15.3. The molecular formula is C15H20N2O4. The maximum atomic E-state index is 12.0. The van der Waals surface area contributed by atoms with Crippen LogP contribution < -0.4 is 5.32 Å². The van der Waals surface area contributed by atoms with Gasteiger partial charge in [0.05, 0.1) is 12.5 Å². The third-order valence-electron chi connectivity index (χ3n) is 3.64. The molecule has 6 nitrogen and oxygen atoms in total. The van der Waals surface area contributed by atoms with E-state index in [4.69, 9.17) is 5.11 Å². The number of carbonyl (C=O) groups excluding carboxylic acids is 1. The minimum absolute atomic E-state index is 0.0536. The van der Waals surface area contributed by atoms with Crippen molar-refractivity contribution in [1.29, 1.82) is 0 Å². The molecule has 2 amide bonds. The number of rotatable bonds is 4. The standard InChI is InChI=1S/C15H20N2O4/c18-13-5-7-17(8-6-13)15(21)16-10-12-4-2-1-3-11(12)9-14(19)20/h1-4,13,18H,5-10H2,(H,16,21)(H,19,20). The summed E-state index contributed by atoms with van der Waals surface area (Å²) in [5.41, 5.74) is 1.52. The van der Waals surface area contributed by atoms with E-state index in [0.29, 0.717) is 38.0 Å². The number of aliphatic hydroxyl groups is 1. The van der Waals surface area contributed by atoms with Gasteiger partial charge in [-0.1, -0.05) is 24.3 Å². The highest BCUT2D eigenvalue weighted by Gasteiger charge is 2.21. The van der Waals surface area contributed by atoms with Gasteiger partial charge in [-0.3, -0.25) is 4.79 Å². The molecule has 114 valence electrons. The van der Waals surface area contributed by atoms with Gasteiger partial charge in [0, 0.05) is 19.6 Å². The van der Waals surface area contributed by atoms with E-state index in [2.05, 4.69) is 5.32 Å². The summed E-state index contributed by atoms with van der Waals surface area (Å²) in [7, 11) is 0. The number of benzene rings is 1. The number of urea groups is 1. The van der Waals surface area contributed by atoms with Crippen molar-refractivity contribution >= 4 is 12.0 Å². The molecule has 3 N–H and O–H groups in total. The predicted octanol–water partition coefficient (Wildman–Crippen LogP) is 0.980. The lowest BCUT2D eigenvalue weighted by Gasteiger charge is -2.29. The molecule has 0 bridgehead atoms. The van der Waals surface area contributed by atoms with E-state index in [1.807, 2.05) is 12.1 Å². The molecular weight excluding hydrogens is 272 g/mol. The van der Waals surface area contributed by atoms with Gasteiger partial charge in [0.25, 0.3) is 0 Å². The fourth-order valence-corrected chi connectivity index (χ4v) is 2.42. The van der Waals surface area contributed by atoms with E-state index in [0.717, 1.165) is 5.56 Å². The van der Waals surface area contributed by atoms with E-state index in [1.54, 1.807) is 17.0 Å². The van der Waals surface area contributed by atoms with Crippen LogP contribution in [-0.4, -0.2) is 46.3 Å². The van der Waals surface area contributed by atoms with Gasteiger partial charge < -0.3 is 20.4 Å². The third-order valence-corrected chi connectivity index (χ3v) is 3.64. The summed E-state index contributed by atoms with van der Waals surface area (Å²) in [6.07, 6.45) is 0.832. The van der Waals surface area contributed by atoms with Gasteiger partial charge in [-0.25, -0.2) is 4.79 Å². The van der Waals surface area contributed by atoms with Crippen molar-refractivity contribution < 1.29 is 19.8 Å². The smallest absolute Gasteiger partial charge is 0.317 e. The Labute approximate surface area is 123 Å². The predicted molar refractivity (Wildman–Crippen MR) is 76.8 cm³/mol. The highest BCUT2D eigenvalue weighted by molar-refractivity contribution is 5.74. The summed E-state index contributed by atoms with van der Waals surface area (Å²) < 4.78 is 0. The first-order valence-electron chi connectivity index (χ1n) is 7.05. The van der Waals surface area contributed by atoms with Crippen LogP contribution in [-0.2, 0) is 17.8 Å². The van der Waals surface area contributed by atoms with Crippen molar-refractivity contribution in [1.82, 2.24) is 10.2 Å². The van der Waals surface area contributed by atoms with Crippen LogP contribution in [0.4, 0.5) is 4.79 Å². The second-order valence-electron chi connectivity index (χ2n) is 5.22. The molecule has 1 heterocycles. The van der Waals surface area contributed by atoms with Gasteiger partial charge in [-0.15, -0.1) is 0 Å². The first-order chi connectivity index (χ1) is 10.1. The molecule has 1 aromatic rings. The Kier molecular flexibility index (Phi) is 5.16. The normalized spacial score (nSPS) is 15.8. The van der Waals surface area contributed by atoms with Gasteiger partial charge in [0.2, 0.25) is 0 Å². The quantitative estimate of drug-likeness (QED) is 0.771. The van der Waals surface area contributed by atoms with Crippen molar-refractivity contribution in [3.8, 4) is 0 Å². The van der Waals surface area contributed by atoms with Gasteiger partial charge in [0.1, 0.15) is 0 Å². The summed E-state index contributed by atoms with van der Waals surface area (Å²) in [6, 6.07) is 7.01. The van der Waals surface area contributed by atoms with E-state index >= 15 is 0 Å². The zero-order chi connectivity index (χ0) is 15.2. The van der Waals surface area contributed by atoms with Gasteiger partial charge in [-0.2, -0.15) is 0 Å². The number of aliphatic carboxylic acids is 1. The Balaban J connectivity index is 1.90. The monoisotopic (exact) mass is 292 g/mol. The average Bonchev–Trinajstić information content (AvgIpc) is 2.46. The summed E-state index contributed by atoms with van der Waals surface area (Å²) >= 11 is 0. The van der Waals surface area contributed by atoms with Crippen molar-refractivity contribution in [3.63, 3.8) is 0 Å². The third kappa shape index (κ3) is 4.46. The number of carboxylic acids is 1. The minimum Gasteiger partial charge on any atom is -0.481 e. The lowest BCUT2D eigenvalue weighted by Crippen LogP contribution is -2.45. The number of nitrogens with zero attached hydrogens (tertiary/aromatic N) is 1. The summed E-state index contributed by atoms with van der Waals surface area (Å²) in [5.74, 6) is -0.890. The van der Waals surface area contributed by atoms with Crippen molar-refractivity contribution in [2.75, 3.05) is 13.1 Å². The number of hydrogen-bond acceptors (Lipinski definition) is 3. The summed E-state index contributed by atoms with van der Waals surface area (Å²) in [6.45, 7) is 1.40. The Bertz CT molecular complexity index is 510. The minimum atomic E-state index is -0.890. The van der Waals surface area contributed by atoms with Crippen LogP contribution in [0.2, 0.25) is 0 Å². The second kappa shape index (κ2) is 7.08. The number of piperidine rings is 1. The Morgan fingerprint density at radius 3 is 2.43 bits per heavy atom. The van der Waals surface area contributed by atoms with E-state index in [1.165, 1.54) is 0 Å². The molecule has 0 aliphatic carbocycles. The first-order valence-corrected chi connectivity index (χ1v) is 7.05. The Morgan fingerprint density at radius 2 is 1.81 bits per heavy atom. The number of amides is 2. The maximum absolute atomic E-state index is 12.0. The molecule has 6 heteroatoms. The number of nitrogens with one attached hydrogen (secondary N) is 1. The van der Waals surface area contributed by atoms with Crippen LogP contribution in [0, 0.1) is 0 Å². The molecule has 0 unspecified atom stereocenters. The highest BCUT2D eigenvalue weighted by atomic mass is 16.4. The Hall–Kier alpha value is -2.08. The van der Waals surface area contributed by atoms with Crippen LogP contribution in [0.5, 0.6) is 0 Å². The molecule has 1 saturated heterocycles. The molecule has 0 spiro atoms. The Morgan fingerprint density at radius 1 is 1.19 bits per heavy atom. The number of carbonyl (C=O) groups is 2. The highest BCUT2D eigenvalue weighted by Crippen LogP contribution is 2.12. The maximum Gasteiger partial charge on any atom is 0.317 e. The molecule has 21 heavy (non-hydrogen) atoms. The topological polar surface area (TPSA) is 89.9 Å². The molecule has 1 fully saturated rings. The molecule has 0 saturated carbocycles. The zero-order valence-corrected chi connectivity index (χ0v) is 11.8. The lowest BCUT2D eigenvalue weighted by atomic mass is 10.0. The van der Waals surface area contributed by atoms with E-state index < -0.39 is 5.97 Å². The molecule has 0 radical (unpaired) electrons. The van der Waals surface area contributed by atoms with Crippen LogP contribution >= 0.6 is 0 Å². The van der Waals surface area contributed by atoms with Crippen molar-refractivity contribution in [2.45, 2.75) is 31.9 Å². The van der Waals surface area contributed by atoms with E-state index in [-0.39, 0.29) is 18.6 Å². The summed E-state index contributed by atoms with van der Waals surface area (Å²) in [4.78, 5) is 24.5. The lowest BCUT2D eigenvalue weighted by molar-refractivity contribution is -0.136. The number of hydrogen-bond donors (Lipinski definition) is 3. The fraction of sp³-hybridized carbons (Fsp3) is 0.467. The van der Waals surface area contributed by atoms with Crippen LogP contribution in [0.3, 0.4) is 0 Å². The van der Waals surface area contributed by atoms with E-state index in [9.17, 15) is 14.7 Å². The van der Waals surface area contributed by atoms with Gasteiger partial charge in [-0.05, 0) is 24.0 Å². The van der Waals surface area contributed by atoms with Crippen LogP contribution in [0.15, 0.2) is 24.3 Å². The second-order valence-corrected chi connectivity index (χ2v) is 5.22. The molecule has 1 aromatic carbocycles. The summed E-state index contributed by atoms with van der Waals surface area (Å²) in [5, 5.41) is 21.1. The van der Waals surface area contributed by atoms with Crippen molar-refractivity contribution in [2.24, 2.45) is 0 Å². The van der Waals surface area contributed by atoms with Gasteiger partial charge in [0.15, 0.2) is 0 Å². The molecule has 0 aromatic heterocycles. The number of aliphatic hydroxyl groups excluding tert-OH is 1. The largest absolute Gasteiger partial charge is 0.481 e. The zero-order valence-electron chi connectivity index (χ0n) is 11.8. The molecule has 1 aliphatic heterocycles. The number of carboxylic acid groups (broad SMARTS) is 1. The number of likely N-dealkylation sites (tertiary alicyclic amines) is 1. The fourth-order valence-electron chi connectivity index (χ4n) is 2.42. The SMILES string of the molecule is O=C(O)Cc1ccccc1CNC(=O)N1CCC(O)CC1.